The van der Waals surface area contributed by atoms with Crippen molar-refractivity contribution in [2.45, 2.75) is 38.8 Å². The second-order valence-corrected chi connectivity index (χ2v) is 5.54. The summed E-state index contributed by atoms with van der Waals surface area (Å²) in [6.45, 7) is 8.00. The Morgan fingerprint density at radius 2 is 1.90 bits per heavy atom. The van der Waals surface area contributed by atoms with Crippen LogP contribution in [-0.2, 0) is 9.53 Å². The number of nitrogens with one attached hydrogen (secondary N) is 1. The van der Waals surface area contributed by atoms with Gasteiger partial charge >= 0.3 is 0 Å². The second-order valence-electron chi connectivity index (χ2n) is 5.54. The molecule has 1 atom stereocenters. The van der Waals surface area contributed by atoms with Crippen LogP contribution in [0.25, 0.3) is 0 Å². The molecule has 5 nitrogen and oxygen atoms in total. The summed E-state index contributed by atoms with van der Waals surface area (Å²) < 4.78 is 4.88. The van der Waals surface area contributed by atoms with E-state index in [9.17, 15) is 4.79 Å². The first-order valence-corrected chi connectivity index (χ1v) is 6.80. The number of likely N-dealkylation sites (tertiary alicyclic amines) is 1. The largest absolute Gasteiger partial charge is 0.383 e. The van der Waals surface area contributed by atoms with E-state index >= 15 is 0 Å². The molecule has 20 heavy (non-hydrogen) atoms. The number of carbonyl (C=O) groups is 1. The number of hydrogen-bond donors (Lipinski definition) is 2. The average Bonchev–Trinajstić information content (AvgIpc) is 2.31. The fourth-order valence-corrected chi connectivity index (χ4v) is 2.34. The minimum absolute atomic E-state index is 0. The smallest absolute Gasteiger partial charge is 0.239 e. The quantitative estimate of drug-likeness (QED) is 0.764. The van der Waals surface area contributed by atoms with Gasteiger partial charge in [-0.1, -0.05) is 13.8 Å². The van der Waals surface area contributed by atoms with E-state index in [2.05, 4.69) is 24.1 Å². The van der Waals surface area contributed by atoms with Crippen molar-refractivity contribution in [1.29, 1.82) is 0 Å². The third-order valence-corrected chi connectivity index (χ3v) is 3.24. The summed E-state index contributed by atoms with van der Waals surface area (Å²) in [7, 11) is 1.55. The highest BCUT2D eigenvalue weighted by Gasteiger charge is 2.23. The van der Waals surface area contributed by atoms with Crippen molar-refractivity contribution in [2.75, 3.05) is 33.4 Å². The Hall–Kier alpha value is -0.0700. The Kier molecular flexibility index (Phi) is 12.9. The molecule has 1 rings (SSSR count). The molecule has 1 amide bonds. The lowest BCUT2D eigenvalue weighted by Gasteiger charge is -2.33. The zero-order chi connectivity index (χ0) is 13.5. The second kappa shape index (κ2) is 11.6. The molecule has 7 heteroatoms. The van der Waals surface area contributed by atoms with E-state index in [1.807, 2.05) is 0 Å². The summed E-state index contributed by atoms with van der Waals surface area (Å²) in [6, 6.07) is -0.285. The summed E-state index contributed by atoms with van der Waals surface area (Å²) in [6.07, 6.45) is 2.02. The number of piperidine rings is 1. The van der Waals surface area contributed by atoms with E-state index in [4.69, 9.17) is 10.5 Å². The third kappa shape index (κ3) is 8.27. The van der Waals surface area contributed by atoms with Crippen molar-refractivity contribution >= 4 is 30.7 Å². The lowest BCUT2D eigenvalue weighted by molar-refractivity contribution is -0.124. The molecule has 0 radical (unpaired) electrons. The molecule has 0 aromatic heterocycles. The molecule has 3 N–H and O–H groups in total. The Morgan fingerprint density at radius 3 is 2.35 bits per heavy atom. The Balaban J connectivity index is 0. The van der Waals surface area contributed by atoms with Gasteiger partial charge < -0.3 is 20.7 Å². The minimum atomic E-state index is -0.552. The van der Waals surface area contributed by atoms with Crippen LogP contribution in [0.15, 0.2) is 0 Å². The number of rotatable bonds is 6. The monoisotopic (exact) mass is 329 g/mol. The Labute approximate surface area is 134 Å². The van der Waals surface area contributed by atoms with Gasteiger partial charge in [0.2, 0.25) is 5.91 Å². The maximum atomic E-state index is 11.7. The van der Waals surface area contributed by atoms with Crippen LogP contribution in [0.4, 0.5) is 0 Å². The van der Waals surface area contributed by atoms with Crippen LogP contribution in [0.3, 0.4) is 0 Å². The van der Waals surface area contributed by atoms with Crippen LogP contribution in [-0.4, -0.2) is 56.2 Å². The normalized spacial score (nSPS) is 18.1. The van der Waals surface area contributed by atoms with Gasteiger partial charge in [0, 0.05) is 32.8 Å². The molecule has 1 unspecified atom stereocenters. The maximum absolute atomic E-state index is 11.7. The SMILES string of the molecule is COCC(N)C(=O)NC1CCN(CC(C)C)CC1.Cl.Cl. The molecule has 0 aromatic rings. The summed E-state index contributed by atoms with van der Waals surface area (Å²) in [5, 5.41) is 3.01. The van der Waals surface area contributed by atoms with Crippen LogP contribution in [0, 0.1) is 5.92 Å². The van der Waals surface area contributed by atoms with Crippen molar-refractivity contribution in [2.24, 2.45) is 11.7 Å². The molecular weight excluding hydrogens is 301 g/mol. The molecule has 0 bridgehead atoms. The van der Waals surface area contributed by atoms with Gasteiger partial charge in [-0.15, -0.1) is 24.8 Å². The van der Waals surface area contributed by atoms with Gasteiger partial charge in [-0.25, -0.2) is 0 Å². The van der Waals surface area contributed by atoms with Crippen LogP contribution >= 0.6 is 24.8 Å². The van der Waals surface area contributed by atoms with Crippen molar-refractivity contribution in [3.8, 4) is 0 Å². The lowest BCUT2D eigenvalue weighted by atomic mass is 10.0. The van der Waals surface area contributed by atoms with Gasteiger partial charge in [0.1, 0.15) is 6.04 Å². The topological polar surface area (TPSA) is 67.6 Å². The van der Waals surface area contributed by atoms with E-state index in [1.54, 1.807) is 7.11 Å². The van der Waals surface area contributed by atoms with Crippen LogP contribution in [0.5, 0.6) is 0 Å². The summed E-state index contributed by atoms with van der Waals surface area (Å²) in [5.41, 5.74) is 5.69. The third-order valence-electron chi connectivity index (χ3n) is 3.24. The first-order valence-electron chi connectivity index (χ1n) is 6.80. The molecule has 0 aliphatic carbocycles. The molecule has 122 valence electrons. The maximum Gasteiger partial charge on any atom is 0.239 e. The molecule has 1 aliphatic rings. The Morgan fingerprint density at radius 1 is 1.35 bits per heavy atom. The summed E-state index contributed by atoms with van der Waals surface area (Å²) in [5.74, 6) is 0.602. The summed E-state index contributed by atoms with van der Waals surface area (Å²) in [4.78, 5) is 14.2. The first kappa shape index (κ1) is 22.2. The van der Waals surface area contributed by atoms with E-state index in [-0.39, 0.29) is 43.4 Å². The lowest BCUT2D eigenvalue weighted by Crippen LogP contribution is -2.51. The zero-order valence-corrected chi connectivity index (χ0v) is 14.3. The molecule has 0 aromatic carbocycles. The van der Waals surface area contributed by atoms with Crippen LogP contribution < -0.4 is 11.1 Å². The number of carbonyl (C=O) groups excluding carboxylic acids is 1. The van der Waals surface area contributed by atoms with Gasteiger partial charge in [0.05, 0.1) is 6.61 Å². The van der Waals surface area contributed by atoms with Crippen molar-refractivity contribution in [3.63, 3.8) is 0 Å². The van der Waals surface area contributed by atoms with Crippen molar-refractivity contribution in [3.05, 3.63) is 0 Å². The van der Waals surface area contributed by atoms with E-state index in [0.717, 1.165) is 32.5 Å². The fraction of sp³-hybridized carbons (Fsp3) is 0.923. The number of ether oxygens (including phenoxy) is 1. The van der Waals surface area contributed by atoms with Gasteiger partial charge in [0.25, 0.3) is 0 Å². The van der Waals surface area contributed by atoms with Gasteiger partial charge in [0.15, 0.2) is 0 Å². The van der Waals surface area contributed by atoms with Gasteiger partial charge in [-0.2, -0.15) is 0 Å². The van der Waals surface area contributed by atoms with Crippen molar-refractivity contribution < 1.29 is 9.53 Å². The van der Waals surface area contributed by atoms with Crippen LogP contribution in [0.2, 0.25) is 0 Å². The highest BCUT2D eigenvalue weighted by atomic mass is 35.5. The molecule has 1 saturated heterocycles. The summed E-state index contributed by atoms with van der Waals surface area (Å²) >= 11 is 0. The zero-order valence-electron chi connectivity index (χ0n) is 12.6. The molecule has 0 spiro atoms. The molecule has 1 fully saturated rings. The number of amides is 1. The Bertz CT molecular complexity index is 260. The molecule has 0 saturated carbocycles. The average molecular weight is 330 g/mol. The number of halogens is 2. The molecule has 1 heterocycles. The predicted octanol–water partition coefficient (Wildman–Crippen LogP) is 1.04. The highest BCUT2D eigenvalue weighted by Crippen LogP contribution is 2.12. The van der Waals surface area contributed by atoms with Crippen LogP contribution in [0.1, 0.15) is 26.7 Å². The standard InChI is InChI=1S/C13H27N3O2.2ClH/c1-10(2)8-16-6-4-11(5-7-16)15-13(17)12(14)9-18-3;;/h10-12H,4-9,14H2,1-3H3,(H,15,17);2*1H. The first-order chi connectivity index (χ1) is 8.52. The number of methoxy groups -OCH3 is 1. The van der Waals surface area contributed by atoms with Crippen molar-refractivity contribution in [1.82, 2.24) is 10.2 Å². The van der Waals surface area contributed by atoms with Gasteiger partial charge in [-0.3, -0.25) is 4.79 Å². The number of nitrogens with two attached hydrogens (primary N) is 1. The number of hydrogen-bond acceptors (Lipinski definition) is 4. The van der Waals surface area contributed by atoms with E-state index < -0.39 is 6.04 Å². The predicted molar refractivity (Wildman–Crippen MR) is 86.8 cm³/mol. The van der Waals surface area contributed by atoms with E-state index in [1.165, 1.54) is 0 Å². The highest BCUT2D eigenvalue weighted by molar-refractivity contribution is 5.85. The molecular formula is C13H29Cl2N3O2. The minimum Gasteiger partial charge on any atom is -0.383 e. The number of nitrogens with zero attached hydrogens (tertiary/aromatic N) is 1. The van der Waals surface area contributed by atoms with Gasteiger partial charge in [-0.05, 0) is 18.8 Å². The fourth-order valence-electron chi connectivity index (χ4n) is 2.34. The van der Waals surface area contributed by atoms with E-state index in [0.29, 0.717) is 5.92 Å². The molecule has 1 aliphatic heterocycles.